The Balaban J connectivity index is 1.80. The molecule has 2 atom stereocenters. The summed E-state index contributed by atoms with van der Waals surface area (Å²) in [6.07, 6.45) is 2.55. The molecule has 0 radical (unpaired) electrons. The van der Waals surface area contributed by atoms with Crippen LogP contribution in [0.4, 0.5) is 0 Å². The van der Waals surface area contributed by atoms with Crippen LogP contribution in [0.1, 0.15) is 31.4 Å². The lowest BCUT2D eigenvalue weighted by Crippen LogP contribution is -2.43. The number of hydrogen-bond acceptors (Lipinski definition) is 3. The Kier molecular flexibility index (Phi) is 4.56. The molecule has 1 aliphatic rings. The lowest BCUT2D eigenvalue weighted by Gasteiger charge is -2.25. The van der Waals surface area contributed by atoms with Gasteiger partial charge in [0.2, 0.25) is 5.91 Å². The maximum atomic E-state index is 12.0. The van der Waals surface area contributed by atoms with Crippen LogP contribution in [-0.4, -0.2) is 36.5 Å². The Hall–Kier alpha value is -1.39. The number of hydrogen-bond donors (Lipinski definition) is 2. The Morgan fingerprint density at radius 1 is 1.42 bits per heavy atom. The third-order valence-electron chi connectivity index (χ3n) is 3.83. The van der Waals surface area contributed by atoms with Crippen LogP contribution in [0.15, 0.2) is 30.3 Å². The highest BCUT2D eigenvalue weighted by molar-refractivity contribution is 5.82. The highest BCUT2D eigenvalue weighted by atomic mass is 16.2. The van der Waals surface area contributed by atoms with Crippen molar-refractivity contribution in [2.24, 2.45) is 5.73 Å². The Bertz CT molecular complexity index is 417. The van der Waals surface area contributed by atoms with E-state index in [0.29, 0.717) is 18.6 Å². The maximum Gasteiger partial charge on any atom is 0.241 e. The molecular weight excluding hydrogens is 238 g/mol. The van der Waals surface area contributed by atoms with E-state index in [-0.39, 0.29) is 5.91 Å². The summed E-state index contributed by atoms with van der Waals surface area (Å²) in [6.45, 7) is 2.78. The van der Waals surface area contributed by atoms with Gasteiger partial charge < -0.3 is 11.1 Å². The molecule has 19 heavy (non-hydrogen) atoms. The van der Waals surface area contributed by atoms with Gasteiger partial charge in [-0.05, 0) is 32.4 Å². The molecule has 0 bridgehead atoms. The van der Waals surface area contributed by atoms with Gasteiger partial charge in [0.05, 0.1) is 0 Å². The van der Waals surface area contributed by atoms with E-state index in [9.17, 15) is 4.79 Å². The first-order valence-corrected chi connectivity index (χ1v) is 6.89. The highest BCUT2D eigenvalue weighted by Gasteiger charge is 2.29. The average molecular weight is 261 g/mol. The van der Waals surface area contributed by atoms with Crippen molar-refractivity contribution in [2.75, 3.05) is 13.6 Å². The number of carbonyl (C=O) groups excluding carboxylic acids is 1. The second-order valence-electron chi connectivity index (χ2n) is 5.38. The molecule has 1 saturated carbocycles. The van der Waals surface area contributed by atoms with Crippen LogP contribution in [-0.2, 0) is 4.79 Å². The molecule has 2 rings (SSSR count). The number of nitrogens with zero attached hydrogens (tertiary/aromatic N) is 1. The molecule has 3 N–H and O–H groups in total. The minimum Gasteiger partial charge on any atom is -0.353 e. The normalized spacial score (nSPS) is 18.1. The van der Waals surface area contributed by atoms with Gasteiger partial charge in [-0.15, -0.1) is 0 Å². The first kappa shape index (κ1) is 14.0. The molecule has 4 nitrogen and oxygen atoms in total. The third kappa shape index (κ3) is 3.78. The molecule has 1 aromatic rings. The van der Waals surface area contributed by atoms with Crippen molar-refractivity contribution in [2.45, 2.75) is 37.9 Å². The van der Waals surface area contributed by atoms with Gasteiger partial charge in [0.15, 0.2) is 0 Å². The van der Waals surface area contributed by atoms with E-state index in [1.165, 1.54) is 12.8 Å². The van der Waals surface area contributed by atoms with Crippen LogP contribution in [0, 0.1) is 0 Å². The fourth-order valence-electron chi connectivity index (χ4n) is 2.16. The van der Waals surface area contributed by atoms with Crippen LogP contribution in [0.2, 0.25) is 0 Å². The van der Waals surface area contributed by atoms with E-state index in [0.717, 1.165) is 5.56 Å². The first-order chi connectivity index (χ1) is 9.09. The molecule has 1 aliphatic carbocycles. The topological polar surface area (TPSA) is 58.4 Å². The van der Waals surface area contributed by atoms with Gasteiger partial charge in [-0.3, -0.25) is 9.69 Å². The number of benzene rings is 1. The number of likely N-dealkylation sites (N-methyl/N-ethyl adjacent to an activating group) is 1. The van der Waals surface area contributed by atoms with Crippen molar-refractivity contribution in [3.8, 4) is 0 Å². The minimum atomic E-state index is -0.584. The second-order valence-corrected chi connectivity index (χ2v) is 5.38. The summed E-state index contributed by atoms with van der Waals surface area (Å²) in [5.41, 5.74) is 6.80. The van der Waals surface area contributed by atoms with Crippen molar-refractivity contribution >= 4 is 5.91 Å². The van der Waals surface area contributed by atoms with Crippen LogP contribution in [0.25, 0.3) is 0 Å². The van der Waals surface area contributed by atoms with Crippen LogP contribution < -0.4 is 11.1 Å². The summed E-state index contributed by atoms with van der Waals surface area (Å²) in [7, 11) is 2.12. The largest absolute Gasteiger partial charge is 0.353 e. The molecular formula is C15H23N3O. The van der Waals surface area contributed by atoms with Crippen molar-refractivity contribution in [1.29, 1.82) is 0 Å². The van der Waals surface area contributed by atoms with Crippen LogP contribution in [0.3, 0.4) is 0 Å². The van der Waals surface area contributed by atoms with Crippen molar-refractivity contribution in [3.63, 3.8) is 0 Å². The molecule has 1 amide bonds. The van der Waals surface area contributed by atoms with Crippen molar-refractivity contribution in [1.82, 2.24) is 10.2 Å². The van der Waals surface area contributed by atoms with Crippen molar-refractivity contribution < 1.29 is 4.79 Å². The fourth-order valence-corrected chi connectivity index (χ4v) is 2.16. The van der Waals surface area contributed by atoms with E-state index in [2.05, 4.69) is 24.2 Å². The van der Waals surface area contributed by atoms with Gasteiger partial charge in [-0.25, -0.2) is 0 Å². The van der Waals surface area contributed by atoms with E-state index in [4.69, 9.17) is 5.73 Å². The van der Waals surface area contributed by atoms with E-state index >= 15 is 0 Å². The lowest BCUT2D eigenvalue weighted by molar-refractivity contribution is -0.122. The van der Waals surface area contributed by atoms with E-state index < -0.39 is 6.04 Å². The van der Waals surface area contributed by atoms with E-state index in [1.807, 2.05) is 30.3 Å². The SMILES string of the molecule is CC(CNC(=O)C(N)c1ccccc1)N(C)C1CC1. The second kappa shape index (κ2) is 6.17. The first-order valence-electron chi connectivity index (χ1n) is 6.89. The van der Waals surface area contributed by atoms with Gasteiger partial charge in [-0.1, -0.05) is 30.3 Å². The number of rotatable bonds is 6. The van der Waals surface area contributed by atoms with Crippen LogP contribution in [0.5, 0.6) is 0 Å². The van der Waals surface area contributed by atoms with Crippen molar-refractivity contribution in [3.05, 3.63) is 35.9 Å². The van der Waals surface area contributed by atoms with E-state index in [1.54, 1.807) is 0 Å². The summed E-state index contributed by atoms with van der Waals surface area (Å²) in [5, 5.41) is 2.94. The number of amides is 1. The predicted octanol–water partition coefficient (Wildman–Crippen LogP) is 1.29. The zero-order chi connectivity index (χ0) is 13.8. The van der Waals surface area contributed by atoms with Gasteiger partial charge >= 0.3 is 0 Å². The molecule has 0 aromatic heterocycles. The quantitative estimate of drug-likeness (QED) is 0.811. The number of carbonyl (C=O) groups is 1. The fraction of sp³-hybridized carbons (Fsp3) is 0.533. The summed E-state index contributed by atoms with van der Waals surface area (Å²) >= 11 is 0. The standard InChI is InChI=1S/C15H23N3O/c1-11(18(2)13-8-9-13)10-17-15(19)14(16)12-6-4-3-5-7-12/h3-7,11,13-14H,8-10,16H2,1-2H3,(H,17,19). The average Bonchev–Trinajstić information content (AvgIpc) is 3.28. The summed E-state index contributed by atoms with van der Waals surface area (Å²) in [6, 6.07) is 9.93. The zero-order valence-corrected chi connectivity index (χ0v) is 11.7. The molecule has 104 valence electrons. The number of nitrogens with two attached hydrogens (primary N) is 1. The molecule has 0 spiro atoms. The molecule has 1 fully saturated rings. The molecule has 2 unspecified atom stereocenters. The molecule has 1 aromatic carbocycles. The highest BCUT2D eigenvalue weighted by Crippen LogP contribution is 2.26. The van der Waals surface area contributed by atoms with Crippen LogP contribution >= 0.6 is 0 Å². The molecule has 0 saturated heterocycles. The van der Waals surface area contributed by atoms with Gasteiger partial charge in [0.1, 0.15) is 6.04 Å². The third-order valence-corrected chi connectivity index (χ3v) is 3.83. The molecule has 0 heterocycles. The summed E-state index contributed by atoms with van der Waals surface area (Å²) in [5.74, 6) is -0.109. The minimum absolute atomic E-state index is 0.109. The Morgan fingerprint density at radius 2 is 2.05 bits per heavy atom. The molecule has 4 heteroatoms. The lowest BCUT2D eigenvalue weighted by atomic mass is 10.1. The number of nitrogens with one attached hydrogen (secondary N) is 1. The Labute approximate surface area is 115 Å². The van der Waals surface area contributed by atoms with Gasteiger partial charge in [0, 0.05) is 18.6 Å². The molecule has 0 aliphatic heterocycles. The van der Waals surface area contributed by atoms with Gasteiger partial charge in [0.25, 0.3) is 0 Å². The summed E-state index contributed by atoms with van der Waals surface area (Å²) in [4.78, 5) is 14.3. The monoisotopic (exact) mass is 261 g/mol. The predicted molar refractivity (Wildman–Crippen MR) is 76.6 cm³/mol. The maximum absolute atomic E-state index is 12.0. The summed E-state index contributed by atoms with van der Waals surface area (Å²) < 4.78 is 0. The van der Waals surface area contributed by atoms with Gasteiger partial charge in [-0.2, -0.15) is 0 Å². The zero-order valence-electron chi connectivity index (χ0n) is 11.7. The Morgan fingerprint density at radius 3 is 2.63 bits per heavy atom. The smallest absolute Gasteiger partial charge is 0.241 e.